The molecule has 2 N–H and O–H groups in total. The predicted molar refractivity (Wildman–Crippen MR) is 105 cm³/mol. The van der Waals surface area contributed by atoms with E-state index >= 15 is 0 Å². The Morgan fingerprint density at radius 2 is 1.96 bits per heavy atom. The summed E-state index contributed by atoms with van der Waals surface area (Å²) in [7, 11) is 0. The van der Waals surface area contributed by atoms with E-state index in [0.717, 1.165) is 15.9 Å². The maximum atomic E-state index is 12.3. The summed E-state index contributed by atoms with van der Waals surface area (Å²) in [5.41, 5.74) is -0.265. The molecule has 0 aliphatic carbocycles. The fourth-order valence-electron chi connectivity index (χ4n) is 3.17. The Balaban J connectivity index is 1.53. The summed E-state index contributed by atoms with van der Waals surface area (Å²) < 4.78 is 6.91. The summed E-state index contributed by atoms with van der Waals surface area (Å²) in [6, 6.07) is 17.0. The number of benzene rings is 2. The van der Waals surface area contributed by atoms with Crippen LogP contribution in [0.3, 0.4) is 0 Å². The van der Waals surface area contributed by atoms with E-state index in [4.69, 9.17) is 4.74 Å². The van der Waals surface area contributed by atoms with E-state index < -0.39 is 5.60 Å². The molecule has 0 radical (unpaired) electrons. The maximum absolute atomic E-state index is 12.3. The molecule has 3 rings (SSSR count). The monoisotopic (exact) mass is 418 g/mol. The number of halogens is 1. The molecule has 2 atom stereocenters. The number of anilines is 1. The minimum absolute atomic E-state index is 0.0921. The zero-order valence-corrected chi connectivity index (χ0v) is 16.3. The highest BCUT2D eigenvalue weighted by Crippen LogP contribution is 2.26. The number of hydrogen-bond donors (Lipinski definition) is 2. The van der Waals surface area contributed by atoms with E-state index in [1.54, 1.807) is 6.92 Å². The maximum Gasteiger partial charge on any atom is 0.238 e. The van der Waals surface area contributed by atoms with Crippen molar-refractivity contribution in [3.63, 3.8) is 0 Å². The summed E-state index contributed by atoms with van der Waals surface area (Å²) in [5.74, 6) is 0.657. The van der Waals surface area contributed by atoms with Crippen LogP contribution >= 0.6 is 15.9 Å². The zero-order chi connectivity index (χ0) is 18.6. The molecule has 0 saturated carbocycles. The first-order chi connectivity index (χ1) is 12.4. The molecule has 2 aromatic rings. The second-order valence-electron chi connectivity index (χ2n) is 6.83. The van der Waals surface area contributed by atoms with Crippen LogP contribution in [0.1, 0.15) is 13.3 Å². The van der Waals surface area contributed by atoms with Crippen LogP contribution in [0.4, 0.5) is 5.69 Å². The lowest BCUT2D eigenvalue weighted by atomic mass is 9.91. The van der Waals surface area contributed by atoms with Gasteiger partial charge in [-0.2, -0.15) is 0 Å². The Bertz CT molecular complexity index is 734. The topological polar surface area (TPSA) is 61.8 Å². The summed E-state index contributed by atoms with van der Waals surface area (Å²) in [6.45, 7) is 3.09. The average Bonchev–Trinajstić information content (AvgIpc) is 2.60. The molecule has 1 amide bonds. The highest BCUT2D eigenvalue weighted by molar-refractivity contribution is 9.10. The number of aliphatic hydroxyl groups is 1. The van der Waals surface area contributed by atoms with Gasteiger partial charge in [0.15, 0.2) is 0 Å². The van der Waals surface area contributed by atoms with Crippen molar-refractivity contribution in [2.45, 2.75) is 25.0 Å². The van der Waals surface area contributed by atoms with Crippen molar-refractivity contribution in [3.8, 4) is 5.75 Å². The predicted octanol–water partition coefficient (Wildman–Crippen LogP) is 3.29. The Kier molecular flexibility index (Phi) is 5.96. The van der Waals surface area contributed by atoms with Gasteiger partial charge in [0.05, 0.1) is 6.54 Å². The Hall–Kier alpha value is -1.89. The molecule has 1 aliphatic rings. The fraction of sp³-hybridized carbons (Fsp3) is 0.350. The minimum Gasteiger partial charge on any atom is -0.487 e. The third-order valence-corrected chi connectivity index (χ3v) is 4.99. The number of likely N-dealkylation sites (tertiary alicyclic amines) is 1. The van der Waals surface area contributed by atoms with Crippen molar-refractivity contribution >= 4 is 27.5 Å². The van der Waals surface area contributed by atoms with Gasteiger partial charge in [-0.05, 0) is 49.7 Å². The average molecular weight is 419 g/mol. The number of nitrogens with zero attached hydrogens (tertiary/aromatic N) is 1. The number of carbonyl (C=O) groups is 1. The van der Waals surface area contributed by atoms with Gasteiger partial charge < -0.3 is 15.2 Å². The van der Waals surface area contributed by atoms with Crippen LogP contribution in [-0.4, -0.2) is 47.3 Å². The van der Waals surface area contributed by atoms with E-state index in [0.29, 0.717) is 19.5 Å². The largest absolute Gasteiger partial charge is 0.487 e. The summed E-state index contributed by atoms with van der Waals surface area (Å²) in [5, 5.41) is 13.7. The third-order valence-electron chi connectivity index (χ3n) is 4.46. The summed E-state index contributed by atoms with van der Waals surface area (Å²) in [6.07, 6.45) is 0.365. The number of para-hydroxylation sites is 1. The minimum atomic E-state index is -1.02. The van der Waals surface area contributed by atoms with Crippen molar-refractivity contribution < 1.29 is 14.6 Å². The fourth-order valence-corrected chi connectivity index (χ4v) is 3.43. The van der Waals surface area contributed by atoms with Gasteiger partial charge in [-0.25, -0.2) is 0 Å². The first kappa shape index (κ1) is 18.9. The molecule has 1 heterocycles. The quantitative estimate of drug-likeness (QED) is 0.781. The van der Waals surface area contributed by atoms with Gasteiger partial charge in [0, 0.05) is 23.2 Å². The molecular formula is C20H23BrN2O3. The summed E-state index contributed by atoms with van der Waals surface area (Å²) >= 11 is 3.37. The second kappa shape index (κ2) is 8.20. The number of nitrogens with one attached hydrogen (secondary N) is 1. The molecule has 26 heavy (non-hydrogen) atoms. The van der Waals surface area contributed by atoms with Crippen LogP contribution in [0.2, 0.25) is 0 Å². The molecule has 1 fully saturated rings. The van der Waals surface area contributed by atoms with Crippen LogP contribution in [0.15, 0.2) is 59.1 Å². The first-order valence-corrected chi connectivity index (χ1v) is 9.43. The number of hydrogen-bond acceptors (Lipinski definition) is 4. The Morgan fingerprint density at radius 3 is 2.62 bits per heavy atom. The molecule has 6 heteroatoms. The van der Waals surface area contributed by atoms with Crippen LogP contribution in [0, 0.1) is 0 Å². The molecule has 0 unspecified atom stereocenters. The molecule has 0 spiro atoms. The van der Waals surface area contributed by atoms with E-state index in [1.807, 2.05) is 59.5 Å². The second-order valence-corrected chi connectivity index (χ2v) is 7.75. The summed E-state index contributed by atoms with van der Waals surface area (Å²) in [4.78, 5) is 14.2. The standard InChI is InChI=1S/C20H23BrN2O3/c1-20(25)14-23(12-11-18(20)26-17-5-3-2-4-6-17)13-19(24)22-16-9-7-15(21)8-10-16/h2-10,18,25H,11-14H2,1H3,(H,22,24)/t18-,20-/m0/s1. The van der Waals surface area contributed by atoms with Gasteiger partial charge in [-0.1, -0.05) is 34.1 Å². The van der Waals surface area contributed by atoms with Crippen LogP contribution in [0.5, 0.6) is 5.75 Å². The van der Waals surface area contributed by atoms with Crippen molar-refractivity contribution in [3.05, 3.63) is 59.1 Å². The van der Waals surface area contributed by atoms with Crippen LogP contribution in [-0.2, 0) is 4.79 Å². The highest BCUT2D eigenvalue weighted by Gasteiger charge is 2.40. The molecule has 1 aliphatic heterocycles. The van der Waals surface area contributed by atoms with E-state index in [-0.39, 0.29) is 18.6 Å². The van der Waals surface area contributed by atoms with Crippen molar-refractivity contribution in [2.24, 2.45) is 0 Å². The number of β-amino-alcohol motifs (C(OH)–C–C–N with tert-alkyl or cyclic N) is 1. The van der Waals surface area contributed by atoms with E-state index in [2.05, 4.69) is 21.2 Å². The highest BCUT2D eigenvalue weighted by atomic mass is 79.9. The van der Waals surface area contributed by atoms with E-state index in [1.165, 1.54) is 0 Å². The Morgan fingerprint density at radius 1 is 1.27 bits per heavy atom. The number of rotatable bonds is 5. The van der Waals surface area contributed by atoms with Crippen LogP contribution < -0.4 is 10.1 Å². The van der Waals surface area contributed by atoms with Gasteiger partial charge >= 0.3 is 0 Å². The number of piperidine rings is 1. The lowest BCUT2D eigenvalue weighted by Crippen LogP contribution is -2.58. The van der Waals surface area contributed by atoms with Crippen molar-refractivity contribution in [1.29, 1.82) is 0 Å². The normalized spacial score (nSPS) is 23.4. The molecule has 0 bridgehead atoms. The molecule has 138 valence electrons. The lowest BCUT2D eigenvalue weighted by molar-refractivity contribution is -0.123. The van der Waals surface area contributed by atoms with Gasteiger partial charge in [0.25, 0.3) is 0 Å². The van der Waals surface area contributed by atoms with Gasteiger partial charge in [-0.3, -0.25) is 9.69 Å². The number of carbonyl (C=O) groups excluding carboxylic acids is 1. The molecule has 5 nitrogen and oxygen atoms in total. The number of amides is 1. The van der Waals surface area contributed by atoms with Gasteiger partial charge in [0.2, 0.25) is 5.91 Å². The van der Waals surface area contributed by atoms with Crippen molar-refractivity contribution in [1.82, 2.24) is 4.90 Å². The molecule has 0 aromatic heterocycles. The lowest BCUT2D eigenvalue weighted by Gasteiger charge is -2.42. The molecular weight excluding hydrogens is 396 g/mol. The van der Waals surface area contributed by atoms with Gasteiger partial charge in [0.1, 0.15) is 17.5 Å². The van der Waals surface area contributed by atoms with Crippen LogP contribution in [0.25, 0.3) is 0 Å². The third kappa shape index (κ3) is 5.06. The molecule has 2 aromatic carbocycles. The SMILES string of the molecule is C[C@]1(O)CN(CC(=O)Nc2ccc(Br)cc2)CC[C@@H]1Oc1ccccc1. The Labute approximate surface area is 162 Å². The zero-order valence-electron chi connectivity index (χ0n) is 14.7. The first-order valence-electron chi connectivity index (χ1n) is 8.64. The smallest absolute Gasteiger partial charge is 0.238 e. The molecule has 1 saturated heterocycles. The number of ether oxygens (including phenoxy) is 1. The van der Waals surface area contributed by atoms with E-state index in [9.17, 15) is 9.90 Å². The van der Waals surface area contributed by atoms with Crippen molar-refractivity contribution in [2.75, 3.05) is 25.0 Å². The van der Waals surface area contributed by atoms with Gasteiger partial charge in [-0.15, -0.1) is 0 Å².